The number of ether oxygens (including phenoxy) is 1. The van der Waals surface area contributed by atoms with E-state index in [9.17, 15) is 14.9 Å². The van der Waals surface area contributed by atoms with Crippen LogP contribution in [0.2, 0.25) is 0 Å². The van der Waals surface area contributed by atoms with Gasteiger partial charge < -0.3 is 14.9 Å². The molecule has 1 unspecified atom stereocenters. The molecule has 118 valence electrons. The number of carbonyl (C=O) groups is 1. The summed E-state index contributed by atoms with van der Waals surface area (Å²) in [4.78, 5) is 26.5. The SMILES string of the molecule is O=C(CO/N=C/c1cccc([N+](=O)[O-])c1)NCC1CCCO1. The van der Waals surface area contributed by atoms with Crippen molar-refractivity contribution in [3.8, 4) is 0 Å². The molecule has 22 heavy (non-hydrogen) atoms. The molecule has 1 aromatic carbocycles. The minimum atomic E-state index is -0.489. The van der Waals surface area contributed by atoms with Gasteiger partial charge >= 0.3 is 0 Å². The van der Waals surface area contributed by atoms with Crippen molar-refractivity contribution in [2.45, 2.75) is 18.9 Å². The average Bonchev–Trinajstić information content (AvgIpc) is 3.03. The van der Waals surface area contributed by atoms with Gasteiger partial charge in [-0.2, -0.15) is 0 Å². The van der Waals surface area contributed by atoms with Gasteiger partial charge in [-0.3, -0.25) is 14.9 Å². The maximum absolute atomic E-state index is 11.5. The fraction of sp³-hybridized carbons (Fsp3) is 0.429. The monoisotopic (exact) mass is 307 g/mol. The van der Waals surface area contributed by atoms with Crippen LogP contribution in [0.5, 0.6) is 0 Å². The van der Waals surface area contributed by atoms with Crippen LogP contribution in [0.15, 0.2) is 29.4 Å². The van der Waals surface area contributed by atoms with Crippen molar-refractivity contribution in [3.63, 3.8) is 0 Å². The fourth-order valence-corrected chi connectivity index (χ4v) is 2.00. The molecule has 2 rings (SSSR count). The number of rotatable bonds is 7. The summed E-state index contributed by atoms with van der Waals surface area (Å²) in [7, 11) is 0. The fourth-order valence-electron chi connectivity index (χ4n) is 2.00. The molecule has 8 heteroatoms. The van der Waals surface area contributed by atoms with E-state index in [2.05, 4.69) is 10.5 Å². The van der Waals surface area contributed by atoms with Crippen LogP contribution in [0.3, 0.4) is 0 Å². The Balaban J connectivity index is 1.69. The van der Waals surface area contributed by atoms with Crippen molar-refractivity contribution in [1.82, 2.24) is 5.32 Å². The molecule has 0 spiro atoms. The maximum Gasteiger partial charge on any atom is 0.270 e. The first-order valence-electron chi connectivity index (χ1n) is 6.93. The highest BCUT2D eigenvalue weighted by molar-refractivity contribution is 5.80. The van der Waals surface area contributed by atoms with E-state index in [1.807, 2.05) is 0 Å². The molecular formula is C14H17N3O5. The average molecular weight is 307 g/mol. The van der Waals surface area contributed by atoms with Crippen LogP contribution in [0.25, 0.3) is 0 Å². The van der Waals surface area contributed by atoms with Crippen LogP contribution in [0, 0.1) is 10.1 Å². The minimum Gasteiger partial charge on any atom is -0.386 e. The Morgan fingerprint density at radius 1 is 1.59 bits per heavy atom. The van der Waals surface area contributed by atoms with Gasteiger partial charge in [0.25, 0.3) is 11.6 Å². The summed E-state index contributed by atoms with van der Waals surface area (Å²) in [5.41, 5.74) is 0.493. The number of hydrogen-bond donors (Lipinski definition) is 1. The van der Waals surface area contributed by atoms with Crippen molar-refractivity contribution in [2.75, 3.05) is 19.8 Å². The summed E-state index contributed by atoms with van der Waals surface area (Å²) < 4.78 is 5.38. The van der Waals surface area contributed by atoms with Gasteiger partial charge in [0.2, 0.25) is 0 Å². The molecule has 0 bridgehead atoms. The number of nitrogens with one attached hydrogen (secondary N) is 1. The van der Waals surface area contributed by atoms with Gasteiger partial charge in [-0.15, -0.1) is 0 Å². The Morgan fingerprint density at radius 3 is 3.18 bits per heavy atom. The second-order valence-electron chi connectivity index (χ2n) is 4.80. The lowest BCUT2D eigenvalue weighted by Crippen LogP contribution is -2.33. The second-order valence-corrected chi connectivity index (χ2v) is 4.80. The van der Waals surface area contributed by atoms with Crippen LogP contribution in [-0.4, -0.2) is 42.9 Å². The minimum absolute atomic E-state index is 0.0294. The van der Waals surface area contributed by atoms with Gasteiger partial charge in [0.05, 0.1) is 17.2 Å². The number of nitrogens with zero attached hydrogens (tertiary/aromatic N) is 2. The van der Waals surface area contributed by atoms with E-state index in [0.717, 1.165) is 19.4 Å². The van der Waals surface area contributed by atoms with Gasteiger partial charge in [-0.1, -0.05) is 17.3 Å². The molecule has 1 saturated heterocycles. The molecule has 1 heterocycles. The van der Waals surface area contributed by atoms with E-state index < -0.39 is 4.92 Å². The van der Waals surface area contributed by atoms with E-state index in [-0.39, 0.29) is 24.3 Å². The van der Waals surface area contributed by atoms with Crippen molar-refractivity contribution in [3.05, 3.63) is 39.9 Å². The lowest BCUT2D eigenvalue weighted by molar-refractivity contribution is -0.384. The molecule has 0 radical (unpaired) electrons. The number of nitro groups is 1. The summed E-state index contributed by atoms with van der Waals surface area (Å²) in [6.45, 7) is 0.999. The predicted octanol–water partition coefficient (Wildman–Crippen LogP) is 1.24. The van der Waals surface area contributed by atoms with Crippen LogP contribution < -0.4 is 5.32 Å². The molecule has 8 nitrogen and oxygen atoms in total. The summed E-state index contributed by atoms with van der Waals surface area (Å²) in [5, 5.41) is 16.9. The Kier molecular flexibility index (Phi) is 5.84. The maximum atomic E-state index is 11.5. The van der Waals surface area contributed by atoms with E-state index in [1.165, 1.54) is 18.3 Å². The standard InChI is InChI=1S/C14H17N3O5/c18-14(15-9-13-5-2-6-21-13)10-22-16-8-11-3-1-4-12(7-11)17(19)20/h1,3-4,7-8,13H,2,5-6,9-10H2,(H,15,18)/b16-8+. The molecule has 1 atom stereocenters. The summed E-state index contributed by atoms with van der Waals surface area (Å²) >= 11 is 0. The molecule has 1 amide bonds. The number of nitro benzene ring substituents is 1. The van der Waals surface area contributed by atoms with Crippen molar-refractivity contribution >= 4 is 17.8 Å². The third-order valence-electron chi connectivity index (χ3n) is 3.10. The zero-order chi connectivity index (χ0) is 15.8. The first-order valence-corrected chi connectivity index (χ1v) is 6.93. The highest BCUT2D eigenvalue weighted by atomic mass is 16.6. The third kappa shape index (κ3) is 5.13. The zero-order valence-electron chi connectivity index (χ0n) is 11.9. The Bertz CT molecular complexity index is 555. The number of benzene rings is 1. The second kappa shape index (κ2) is 8.08. The lowest BCUT2D eigenvalue weighted by atomic mass is 10.2. The first-order chi connectivity index (χ1) is 10.6. The van der Waals surface area contributed by atoms with Crippen LogP contribution >= 0.6 is 0 Å². The molecule has 0 aromatic heterocycles. The Morgan fingerprint density at radius 2 is 2.45 bits per heavy atom. The van der Waals surface area contributed by atoms with E-state index in [4.69, 9.17) is 9.57 Å². The third-order valence-corrected chi connectivity index (χ3v) is 3.10. The highest BCUT2D eigenvalue weighted by Gasteiger charge is 2.16. The Labute approximate surface area is 127 Å². The lowest BCUT2D eigenvalue weighted by Gasteiger charge is -2.09. The molecule has 1 fully saturated rings. The molecule has 1 aliphatic heterocycles. The van der Waals surface area contributed by atoms with Gasteiger partial charge in [0.15, 0.2) is 6.61 Å². The molecular weight excluding hydrogens is 290 g/mol. The Hall–Kier alpha value is -2.48. The summed E-state index contributed by atoms with van der Waals surface area (Å²) in [6, 6.07) is 5.95. The summed E-state index contributed by atoms with van der Waals surface area (Å²) in [6.07, 6.45) is 3.37. The molecule has 1 N–H and O–H groups in total. The van der Waals surface area contributed by atoms with Gasteiger partial charge in [-0.25, -0.2) is 0 Å². The van der Waals surface area contributed by atoms with Crippen LogP contribution in [0.1, 0.15) is 18.4 Å². The molecule has 0 aliphatic carbocycles. The predicted molar refractivity (Wildman–Crippen MR) is 78.6 cm³/mol. The van der Waals surface area contributed by atoms with E-state index >= 15 is 0 Å². The highest BCUT2D eigenvalue weighted by Crippen LogP contribution is 2.11. The number of hydrogen-bond acceptors (Lipinski definition) is 6. The van der Waals surface area contributed by atoms with E-state index in [1.54, 1.807) is 12.1 Å². The largest absolute Gasteiger partial charge is 0.386 e. The van der Waals surface area contributed by atoms with Gasteiger partial charge in [-0.05, 0) is 12.8 Å². The van der Waals surface area contributed by atoms with E-state index in [0.29, 0.717) is 12.1 Å². The first kappa shape index (κ1) is 15.9. The molecule has 1 aliphatic rings. The van der Waals surface area contributed by atoms with Crippen LogP contribution in [-0.2, 0) is 14.4 Å². The number of carbonyl (C=O) groups excluding carboxylic acids is 1. The normalized spacial score (nSPS) is 17.5. The molecule has 0 saturated carbocycles. The van der Waals surface area contributed by atoms with Gasteiger partial charge in [0, 0.05) is 30.8 Å². The number of non-ortho nitro benzene ring substituents is 1. The number of amides is 1. The van der Waals surface area contributed by atoms with Crippen molar-refractivity contribution in [1.29, 1.82) is 0 Å². The quantitative estimate of drug-likeness (QED) is 0.464. The smallest absolute Gasteiger partial charge is 0.270 e. The van der Waals surface area contributed by atoms with Gasteiger partial charge in [0.1, 0.15) is 0 Å². The van der Waals surface area contributed by atoms with Crippen LogP contribution in [0.4, 0.5) is 5.69 Å². The van der Waals surface area contributed by atoms with Crippen molar-refractivity contribution in [2.24, 2.45) is 5.16 Å². The number of oxime groups is 1. The molecule has 1 aromatic rings. The summed E-state index contributed by atoms with van der Waals surface area (Å²) in [5.74, 6) is -0.285. The van der Waals surface area contributed by atoms with Crippen molar-refractivity contribution < 1.29 is 19.3 Å². The topological polar surface area (TPSA) is 103 Å². The zero-order valence-corrected chi connectivity index (χ0v) is 11.9.